The number of benzene rings is 1. The van der Waals surface area contributed by atoms with Gasteiger partial charge in [0.2, 0.25) is 5.89 Å². The topological polar surface area (TPSA) is 113 Å². The van der Waals surface area contributed by atoms with Crippen molar-refractivity contribution in [3.8, 4) is 0 Å². The zero-order valence-electron chi connectivity index (χ0n) is 17.0. The molecular weight excluding hydrogens is 420 g/mol. The lowest BCUT2D eigenvalue weighted by atomic mass is 10.1. The number of hydrogen-bond acceptors (Lipinski definition) is 9. The lowest BCUT2D eigenvalue weighted by Crippen LogP contribution is -2.24. The Hall–Kier alpha value is -3.40. The van der Waals surface area contributed by atoms with Crippen molar-refractivity contribution in [3.05, 3.63) is 70.0 Å². The van der Waals surface area contributed by atoms with E-state index in [-0.39, 0.29) is 12.1 Å². The van der Waals surface area contributed by atoms with Crippen molar-refractivity contribution in [1.82, 2.24) is 19.7 Å². The van der Waals surface area contributed by atoms with Crippen molar-refractivity contribution in [2.75, 3.05) is 7.11 Å². The van der Waals surface area contributed by atoms with Gasteiger partial charge in [0.15, 0.2) is 11.0 Å². The zero-order chi connectivity index (χ0) is 21.8. The van der Waals surface area contributed by atoms with Crippen LogP contribution in [0.3, 0.4) is 0 Å². The van der Waals surface area contributed by atoms with Gasteiger partial charge >= 0.3 is 5.97 Å². The molecule has 4 aromatic rings. The van der Waals surface area contributed by atoms with Crippen LogP contribution in [0.25, 0.3) is 10.9 Å². The Morgan fingerprint density at radius 2 is 2.13 bits per heavy atom. The first-order valence-electron chi connectivity index (χ1n) is 9.68. The van der Waals surface area contributed by atoms with Crippen molar-refractivity contribution in [1.29, 1.82) is 0 Å². The highest BCUT2D eigenvalue weighted by Gasteiger charge is 2.17. The summed E-state index contributed by atoms with van der Waals surface area (Å²) in [5, 5.41) is 4.80. The Balaban J connectivity index is 1.73. The van der Waals surface area contributed by atoms with Crippen LogP contribution < -0.4 is 5.56 Å². The quantitative estimate of drug-likeness (QED) is 0.231. The van der Waals surface area contributed by atoms with Crippen molar-refractivity contribution in [2.24, 2.45) is 0 Å². The van der Waals surface area contributed by atoms with Gasteiger partial charge in [0.1, 0.15) is 5.76 Å². The van der Waals surface area contributed by atoms with Crippen molar-refractivity contribution in [3.63, 3.8) is 0 Å². The number of thioether (sulfide) groups is 1. The van der Waals surface area contributed by atoms with Gasteiger partial charge in [0, 0.05) is 6.42 Å². The molecule has 0 aliphatic carbocycles. The molecule has 0 saturated heterocycles. The number of esters is 1. The average molecular weight is 440 g/mol. The van der Waals surface area contributed by atoms with E-state index in [4.69, 9.17) is 13.7 Å². The fraction of sp³-hybridized carbons (Fsp3) is 0.286. The molecular formula is C21H20N4O5S. The molecule has 0 unspecified atom stereocenters. The molecule has 0 aliphatic rings. The second-order valence-corrected chi connectivity index (χ2v) is 7.67. The van der Waals surface area contributed by atoms with Crippen LogP contribution in [-0.4, -0.2) is 32.8 Å². The predicted molar refractivity (Wildman–Crippen MR) is 113 cm³/mol. The molecule has 0 saturated carbocycles. The van der Waals surface area contributed by atoms with Gasteiger partial charge < -0.3 is 13.7 Å². The van der Waals surface area contributed by atoms with E-state index in [2.05, 4.69) is 15.1 Å². The number of rotatable bonds is 8. The maximum atomic E-state index is 13.2. The van der Waals surface area contributed by atoms with E-state index in [1.165, 1.54) is 23.4 Å². The van der Waals surface area contributed by atoms with Gasteiger partial charge in [0.05, 0.1) is 42.1 Å². The van der Waals surface area contributed by atoms with Gasteiger partial charge in [-0.15, -0.1) is 0 Å². The van der Waals surface area contributed by atoms with Crippen LogP contribution in [0.2, 0.25) is 0 Å². The lowest BCUT2D eigenvalue weighted by Gasteiger charge is -2.12. The second kappa shape index (κ2) is 9.17. The van der Waals surface area contributed by atoms with E-state index >= 15 is 0 Å². The first-order chi connectivity index (χ1) is 15.1. The summed E-state index contributed by atoms with van der Waals surface area (Å²) in [5.41, 5.74) is 0.489. The maximum absolute atomic E-state index is 13.2. The van der Waals surface area contributed by atoms with Crippen LogP contribution in [-0.2, 0) is 23.5 Å². The molecule has 0 fully saturated rings. The highest BCUT2D eigenvalue weighted by Crippen LogP contribution is 2.23. The Labute approximate surface area is 181 Å². The molecule has 1 aromatic carbocycles. The maximum Gasteiger partial charge on any atom is 0.337 e. The minimum atomic E-state index is -0.494. The monoisotopic (exact) mass is 440 g/mol. The molecule has 3 aromatic heterocycles. The third-order valence-corrected chi connectivity index (χ3v) is 5.51. The number of ether oxygens (including phenoxy) is 1. The largest absolute Gasteiger partial charge is 0.467 e. The van der Waals surface area contributed by atoms with Gasteiger partial charge in [-0.3, -0.25) is 9.36 Å². The predicted octanol–water partition coefficient (Wildman–Crippen LogP) is 3.45. The highest BCUT2D eigenvalue weighted by atomic mass is 32.2. The lowest BCUT2D eigenvalue weighted by molar-refractivity contribution is 0.0601. The minimum Gasteiger partial charge on any atom is -0.467 e. The number of carbonyl (C=O) groups is 1. The molecule has 31 heavy (non-hydrogen) atoms. The molecule has 3 heterocycles. The van der Waals surface area contributed by atoms with E-state index in [1.54, 1.807) is 36.6 Å². The number of carbonyl (C=O) groups excluding carboxylic acids is 1. The molecule has 0 aliphatic heterocycles. The first-order valence-corrected chi connectivity index (χ1v) is 10.7. The van der Waals surface area contributed by atoms with Crippen LogP contribution in [0, 0.1) is 0 Å². The third-order valence-electron chi connectivity index (χ3n) is 4.54. The highest BCUT2D eigenvalue weighted by molar-refractivity contribution is 7.98. The summed E-state index contributed by atoms with van der Waals surface area (Å²) in [4.78, 5) is 34.1. The smallest absolute Gasteiger partial charge is 0.337 e. The van der Waals surface area contributed by atoms with Gasteiger partial charge in [0.25, 0.3) is 5.56 Å². The summed E-state index contributed by atoms with van der Waals surface area (Å²) in [6.45, 7) is 2.26. The van der Waals surface area contributed by atoms with E-state index in [0.717, 1.165) is 12.8 Å². The summed E-state index contributed by atoms with van der Waals surface area (Å²) in [5.74, 6) is 1.59. The summed E-state index contributed by atoms with van der Waals surface area (Å²) in [6.07, 6.45) is 3.21. The number of hydrogen-bond donors (Lipinski definition) is 0. The molecule has 0 bridgehead atoms. The number of methoxy groups -OCH3 is 1. The molecule has 4 rings (SSSR count). The fourth-order valence-electron chi connectivity index (χ4n) is 3.05. The summed E-state index contributed by atoms with van der Waals surface area (Å²) in [7, 11) is 1.31. The van der Waals surface area contributed by atoms with Crippen LogP contribution in [0.1, 0.15) is 41.2 Å². The molecule has 160 valence electrons. The van der Waals surface area contributed by atoms with Gasteiger partial charge in [-0.05, 0) is 36.8 Å². The van der Waals surface area contributed by atoms with Crippen molar-refractivity contribution < 1.29 is 18.5 Å². The second-order valence-electron chi connectivity index (χ2n) is 6.73. The number of aromatic nitrogens is 4. The summed E-state index contributed by atoms with van der Waals surface area (Å²) < 4.78 is 17.0. The average Bonchev–Trinajstić information content (AvgIpc) is 3.46. The van der Waals surface area contributed by atoms with E-state index in [9.17, 15) is 9.59 Å². The van der Waals surface area contributed by atoms with E-state index < -0.39 is 5.97 Å². The van der Waals surface area contributed by atoms with Crippen LogP contribution >= 0.6 is 11.8 Å². The third kappa shape index (κ3) is 4.53. The summed E-state index contributed by atoms with van der Waals surface area (Å²) >= 11 is 1.30. The molecule has 0 atom stereocenters. The number of fused-ring (bicyclic) bond motifs is 1. The molecule has 0 spiro atoms. The van der Waals surface area contributed by atoms with Crippen LogP contribution in [0.5, 0.6) is 0 Å². The van der Waals surface area contributed by atoms with E-state index in [1.807, 2.05) is 6.92 Å². The summed E-state index contributed by atoms with van der Waals surface area (Å²) in [6, 6.07) is 8.24. The number of furan rings is 1. The first kappa shape index (κ1) is 20.9. The van der Waals surface area contributed by atoms with Crippen molar-refractivity contribution in [2.45, 2.75) is 37.2 Å². The minimum absolute atomic E-state index is 0.223. The fourth-order valence-corrected chi connectivity index (χ4v) is 3.89. The molecule has 0 radical (unpaired) electrons. The Morgan fingerprint density at radius 3 is 2.87 bits per heavy atom. The zero-order valence-corrected chi connectivity index (χ0v) is 17.8. The standard InChI is InChI=1S/C21H20N4O5S/c1-3-5-17-23-18(30-24-17)12-31-21-22-16-10-13(20(27)28-2)7-8-15(16)19(26)25(21)11-14-6-4-9-29-14/h4,6-10H,3,5,11-12H2,1-2H3. The Kier molecular flexibility index (Phi) is 6.17. The number of aryl methyl sites for hydroxylation is 1. The van der Waals surface area contributed by atoms with Crippen LogP contribution in [0.15, 0.2) is 55.5 Å². The van der Waals surface area contributed by atoms with Crippen LogP contribution in [0.4, 0.5) is 0 Å². The van der Waals surface area contributed by atoms with Gasteiger partial charge in [-0.25, -0.2) is 9.78 Å². The molecule has 0 amide bonds. The van der Waals surface area contributed by atoms with E-state index in [0.29, 0.717) is 44.9 Å². The Morgan fingerprint density at radius 1 is 1.26 bits per heavy atom. The van der Waals surface area contributed by atoms with Gasteiger partial charge in [-0.2, -0.15) is 4.98 Å². The molecule has 10 heteroatoms. The Bertz CT molecular complexity index is 1260. The van der Waals surface area contributed by atoms with Gasteiger partial charge in [-0.1, -0.05) is 23.8 Å². The SMILES string of the molecule is CCCc1noc(CSc2nc3cc(C(=O)OC)ccc3c(=O)n2Cc2ccco2)n1. The number of nitrogens with zero attached hydrogens (tertiary/aromatic N) is 4. The molecule has 9 nitrogen and oxygen atoms in total. The normalized spacial score (nSPS) is 11.2. The van der Waals surface area contributed by atoms with Crippen molar-refractivity contribution >= 4 is 28.6 Å². The molecule has 0 N–H and O–H groups in total.